The number of amides is 1. The maximum absolute atomic E-state index is 11.4. The van der Waals surface area contributed by atoms with Crippen LogP contribution in [0.1, 0.15) is 11.6 Å². The molecule has 0 radical (unpaired) electrons. The summed E-state index contributed by atoms with van der Waals surface area (Å²) in [4.78, 5) is 13.1. The van der Waals surface area contributed by atoms with E-state index in [9.17, 15) is 4.79 Å². The molecule has 2 rings (SSSR count). The van der Waals surface area contributed by atoms with Crippen LogP contribution in [0.15, 0.2) is 30.3 Å². The van der Waals surface area contributed by atoms with E-state index < -0.39 is 0 Å². The van der Waals surface area contributed by atoms with Crippen LogP contribution in [0.5, 0.6) is 0 Å². The molecule has 1 heterocycles. The number of carbonyl (C=O) groups is 1. The summed E-state index contributed by atoms with van der Waals surface area (Å²) in [5, 5.41) is 0. The number of hydrogen-bond donors (Lipinski definition) is 1. The Balaban J connectivity index is 2.18. The SMILES string of the molecule is NCCN1C(=O)OCC1c1ccccc1. The predicted octanol–water partition coefficient (Wildman–Crippen LogP) is 1.14. The van der Waals surface area contributed by atoms with Crippen LogP contribution in [-0.4, -0.2) is 30.7 Å². The number of nitrogens with zero attached hydrogens (tertiary/aromatic N) is 1. The predicted molar refractivity (Wildman–Crippen MR) is 56.3 cm³/mol. The van der Waals surface area contributed by atoms with Gasteiger partial charge in [-0.3, -0.25) is 4.90 Å². The van der Waals surface area contributed by atoms with E-state index in [0.717, 1.165) is 5.56 Å². The third-order valence-electron chi connectivity index (χ3n) is 2.53. The van der Waals surface area contributed by atoms with Crippen molar-refractivity contribution in [2.75, 3.05) is 19.7 Å². The van der Waals surface area contributed by atoms with Gasteiger partial charge in [0.25, 0.3) is 0 Å². The number of rotatable bonds is 3. The van der Waals surface area contributed by atoms with Crippen molar-refractivity contribution in [2.24, 2.45) is 5.73 Å². The third-order valence-corrected chi connectivity index (χ3v) is 2.53. The van der Waals surface area contributed by atoms with Crippen LogP contribution in [0, 0.1) is 0 Å². The van der Waals surface area contributed by atoms with Gasteiger partial charge >= 0.3 is 6.09 Å². The molecule has 2 N–H and O–H groups in total. The molecule has 1 aromatic carbocycles. The maximum Gasteiger partial charge on any atom is 0.410 e. The van der Waals surface area contributed by atoms with Crippen LogP contribution in [0.3, 0.4) is 0 Å². The molecule has 0 saturated carbocycles. The highest BCUT2D eigenvalue weighted by molar-refractivity contribution is 5.70. The highest BCUT2D eigenvalue weighted by Crippen LogP contribution is 2.26. The summed E-state index contributed by atoms with van der Waals surface area (Å²) in [5.41, 5.74) is 6.56. The lowest BCUT2D eigenvalue weighted by molar-refractivity contribution is 0.158. The summed E-state index contributed by atoms with van der Waals surface area (Å²) < 4.78 is 5.02. The first kappa shape index (κ1) is 9.98. The van der Waals surface area contributed by atoms with Crippen molar-refractivity contribution in [3.63, 3.8) is 0 Å². The molecule has 1 aliphatic heterocycles. The quantitative estimate of drug-likeness (QED) is 0.806. The molecule has 1 saturated heterocycles. The first-order valence-corrected chi connectivity index (χ1v) is 5.01. The smallest absolute Gasteiger partial charge is 0.410 e. The van der Waals surface area contributed by atoms with Crippen molar-refractivity contribution < 1.29 is 9.53 Å². The lowest BCUT2D eigenvalue weighted by Gasteiger charge is -2.20. The van der Waals surface area contributed by atoms with Crippen LogP contribution in [-0.2, 0) is 4.74 Å². The molecule has 80 valence electrons. The maximum atomic E-state index is 11.4. The summed E-state index contributed by atoms with van der Waals surface area (Å²) in [7, 11) is 0. The third kappa shape index (κ3) is 1.94. The molecule has 1 fully saturated rings. The van der Waals surface area contributed by atoms with Crippen LogP contribution in [0.2, 0.25) is 0 Å². The molecule has 0 bridgehead atoms. The van der Waals surface area contributed by atoms with E-state index in [2.05, 4.69) is 0 Å². The van der Waals surface area contributed by atoms with Crippen molar-refractivity contribution in [2.45, 2.75) is 6.04 Å². The Hall–Kier alpha value is -1.55. The summed E-state index contributed by atoms with van der Waals surface area (Å²) in [5.74, 6) is 0. The number of carbonyl (C=O) groups excluding carboxylic acids is 1. The zero-order chi connectivity index (χ0) is 10.7. The number of hydrogen-bond acceptors (Lipinski definition) is 3. The molecule has 0 aromatic heterocycles. The Kier molecular flexibility index (Phi) is 2.87. The molecular weight excluding hydrogens is 192 g/mol. The van der Waals surface area contributed by atoms with Crippen molar-refractivity contribution in [1.82, 2.24) is 4.90 Å². The van der Waals surface area contributed by atoms with Crippen molar-refractivity contribution in [3.8, 4) is 0 Å². The lowest BCUT2D eigenvalue weighted by atomic mass is 10.1. The molecule has 4 nitrogen and oxygen atoms in total. The number of benzene rings is 1. The summed E-state index contributed by atoms with van der Waals surface area (Å²) in [6.45, 7) is 1.42. The van der Waals surface area contributed by atoms with E-state index in [4.69, 9.17) is 10.5 Å². The Morgan fingerprint density at radius 2 is 2.13 bits per heavy atom. The van der Waals surface area contributed by atoms with Gasteiger partial charge in [0.2, 0.25) is 0 Å². The topological polar surface area (TPSA) is 55.6 Å². The van der Waals surface area contributed by atoms with Crippen molar-refractivity contribution in [1.29, 1.82) is 0 Å². The fourth-order valence-corrected chi connectivity index (χ4v) is 1.79. The highest BCUT2D eigenvalue weighted by atomic mass is 16.6. The molecule has 0 spiro atoms. The molecule has 4 heteroatoms. The zero-order valence-corrected chi connectivity index (χ0v) is 8.43. The summed E-state index contributed by atoms with van der Waals surface area (Å²) >= 11 is 0. The second kappa shape index (κ2) is 4.31. The van der Waals surface area contributed by atoms with Crippen LogP contribution < -0.4 is 5.73 Å². The Bertz CT molecular complexity index is 340. The van der Waals surface area contributed by atoms with E-state index in [1.807, 2.05) is 30.3 Å². The number of nitrogens with two attached hydrogens (primary N) is 1. The van der Waals surface area contributed by atoms with E-state index in [0.29, 0.717) is 19.7 Å². The Morgan fingerprint density at radius 1 is 1.40 bits per heavy atom. The van der Waals surface area contributed by atoms with Gasteiger partial charge in [0, 0.05) is 13.1 Å². The lowest BCUT2D eigenvalue weighted by Crippen LogP contribution is -2.32. The van der Waals surface area contributed by atoms with E-state index in [1.165, 1.54) is 0 Å². The van der Waals surface area contributed by atoms with Gasteiger partial charge in [-0.2, -0.15) is 0 Å². The average Bonchev–Trinajstić information content (AvgIpc) is 2.63. The fraction of sp³-hybridized carbons (Fsp3) is 0.364. The largest absolute Gasteiger partial charge is 0.447 e. The van der Waals surface area contributed by atoms with Gasteiger partial charge < -0.3 is 10.5 Å². The summed E-state index contributed by atoms with van der Waals surface area (Å²) in [6, 6.07) is 9.88. The first-order valence-electron chi connectivity index (χ1n) is 5.01. The van der Waals surface area contributed by atoms with Gasteiger partial charge in [-0.1, -0.05) is 30.3 Å². The van der Waals surface area contributed by atoms with Crippen LogP contribution in [0.25, 0.3) is 0 Å². The molecule has 15 heavy (non-hydrogen) atoms. The van der Waals surface area contributed by atoms with Gasteiger partial charge in [0.05, 0.1) is 6.04 Å². The van der Waals surface area contributed by atoms with Gasteiger partial charge in [0.15, 0.2) is 0 Å². The normalized spacial score (nSPS) is 20.5. The van der Waals surface area contributed by atoms with Crippen LogP contribution in [0.4, 0.5) is 4.79 Å². The van der Waals surface area contributed by atoms with E-state index >= 15 is 0 Å². The van der Waals surface area contributed by atoms with Crippen LogP contribution >= 0.6 is 0 Å². The minimum absolute atomic E-state index is 0.0160. The molecule has 1 aromatic rings. The summed E-state index contributed by atoms with van der Waals surface area (Å²) in [6.07, 6.45) is -0.269. The molecule has 1 amide bonds. The van der Waals surface area contributed by atoms with E-state index in [1.54, 1.807) is 4.90 Å². The van der Waals surface area contributed by atoms with Gasteiger partial charge in [-0.05, 0) is 5.56 Å². The Labute approximate surface area is 88.6 Å². The monoisotopic (exact) mass is 206 g/mol. The minimum atomic E-state index is -0.269. The molecule has 1 aliphatic rings. The molecule has 0 aliphatic carbocycles. The van der Waals surface area contributed by atoms with E-state index in [-0.39, 0.29) is 12.1 Å². The number of cyclic esters (lactones) is 1. The minimum Gasteiger partial charge on any atom is -0.447 e. The fourth-order valence-electron chi connectivity index (χ4n) is 1.79. The second-order valence-electron chi connectivity index (χ2n) is 3.49. The van der Waals surface area contributed by atoms with Crippen molar-refractivity contribution in [3.05, 3.63) is 35.9 Å². The highest BCUT2D eigenvalue weighted by Gasteiger charge is 2.32. The standard InChI is InChI=1S/C11H14N2O2/c12-6-7-13-10(8-15-11(13)14)9-4-2-1-3-5-9/h1-5,10H,6-8,12H2. The first-order chi connectivity index (χ1) is 7.33. The molecule has 1 atom stereocenters. The van der Waals surface area contributed by atoms with Gasteiger partial charge in [-0.25, -0.2) is 4.79 Å². The molecule has 1 unspecified atom stereocenters. The Morgan fingerprint density at radius 3 is 2.80 bits per heavy atom. The average molecular weight is 206 g/mol. The van der Waals surface area contributed by atoms with Gasteiger partial charge in [-0.15, -0.1) is 0 Å². The van der Waals surface area contributed by atoms with Gasteiger partial charge in [0.1, 0.15) is 6.61 Å². The molecular formula is C11H14N2O2. The second-order valence-corrected chi connectivity index (χ2v) is 3.49. The zero-order valence-electron chi connectivity index (χ0n) is 8.43. The van der Waals surface area contributed by atoms with Crippen molar-refractivity contribution >= 4 is 6.09 Å². The number of ether oxygens (including phenoxy) is 1.